The number of methoxy groups -OCH3 is 2. The third kappa shape index (κ3) is 4.71. The zero-order valence-corrected chi connectivity index (χ0v) is 20.1. The summed E-state index contributed by atoms with van der Waals surface area (Å²) in [6, 6.07) is 4.15. The smallest absolute Gasteiger partial charge is 0.341 e. The number of rotatable bonds is 6. The third-order valence-corrected chi connectivity index (χ3v) is 8.48. The van der Waals surface area contributed by atoms with E-state index in [1.165, 1.54) is 43.8 Å². The molecular weight excluding hydrogens is 468 g/mol. The van der Waals surface area contributed by atoms with E-state index in [-0.39, 0.29) is 32.7 Å². The number of aryl methyl sites for hydroxylation is 1. The van der Waals surface area contributed by atoms with Gasteiger partial charge < -0.3 is 19.1 Å². The third-order valence-electron chi connectivity index (χ3n) is 5.80. The van der Waals surface area contributed by atoms with Gasteiger partial charge in [0.25, 0.3) is 15.9 Å². The Bertz CT molecular complexity index is 1170. The van der Waals surface area contributed by atoms with Crippen LogP contribution in [0.5, 0.6) is 5.75 Å². The monoisotopic (exact) mass is 494 g/mol. The number of ether oxygens (including phenoxy) is 3. The van der Waals surface area contributed by atoms with Crippen LogP contribution in [0, 0.1) is 0 Å². The number of benzene rings is 1. The van der Waals surface area contributed by atoms with Crippen LogP contribution in [0.4, 0.5) is 5.00 Å². The highest BCUT2D eigenvalue weighted by Gasteiger charge is 2.30. The Kier molecular flexibility index (Phi) is 6.91. The van der Waals surface area contributed by atoms with Crippen LogP contribution in [-0.2, 0) is 32.3 Å². The second kappa shape index (κ2) is 9.70. The maximum absolute atomic E-state index is 13.3. The minimum Gasteiger partial charge on any atom is -0.496 e. The van der Waals surface area contributed by atoms with Gasteiger partial charge in [-0.3, -0.25) is 9.52 Å². The summed E-state index contributed by atoms with van der Waals surface area (Å²) in [6.45, 7) is 1.68. The molecule has 2 aromatic rings. The van der Waals surface area contributed by atoms with Crippen molar-refractivity contribution in [2.75, 3.05) is 45.2 Å². The lowest BCUT2D eigenvalue weighted by molar-refractivity contribution is 0.0300. The fourth-order valence-electron chi connectivity index (χ4n) is 4.09. The second-order valence-electron chi connectivity index (χ2n) is 7.78. The lowest BCUT2D eigenvalue weighted by Crippen LogP contribution is -2.40. The lowest BCUT2D eigenvalue weighted by Gasteiger charge is -2.27. The average Bonchev–Trinajstić information content (AvgIpc) is 3.20. The second-order valence-corrected chi connectivity index (χ2v) is 10.6. The molecule has 2 aliphatic rings. The zero-order valence-electron chi connectivity index (χ0n) is 18.5. The first kappa shape index (κ1) is 23.5. The molecule has 2 heterocycles. The Labute approximate surface area is 196 Å². The van der Waals surface area contributed by atoms with Gasteiger partial charge in [0.05, 0.1) is 43.5 Å². The van der Waals surface area contributed by atoms with Crippen molar-refractivity contribution in [2.45, 2.75) is 30.6 Å². The maximum Gasteiger partial charge on any atom is 0.341 e. The number of carbonyl (C=O) groups is 2. The first-order chi connectivity index (χ1) is 15.9. The fraction of sp³-hybridized carbons (Fsp3) is 0.455. The van der Waals surface area contributed by atoms with Gasteiger partial charge in [-0.15, -0.1) is 11.3 Å². The van der Waals surface area contributed by atoms with Crippen molar-refractivity contribution in [3.63, 3.8) is 0 Å². The fourth-order valence-corrected chi connectivity index (χ4v) is 6.70. The number of nitrogens with one attached hydrogen (secondary N) is 1. The van der Waals surface area contributed by atoms with Crippen LogP contribution in [0.25, 0.3) is 0 Å². The number of carbonyl (C=O) groups excluding carboxylic acids is 2. The van der Waals surface area contributed by atoms with E-state index in [0.717, 1.165) is 29.7 Å². The highest BCUT2D eigenvalue weighted by Crippen LogP contribution is 2.39. The van der Waals surface area contributed by atoms with Crippen molar-refractivity contribution in [2.24, 2.45) is 0 Å². The molecule has 0 radical (unpaired) electrons. The van der Waals surface area contributed by atoms with Crippen molar-refractivity contribution >= 4 is 38.2 Å². The zero-order chi connectivity index (χ0) is 23.6. The van der Waals surface area contributed by atoms with Crippen molar-refractivity contribution in [1.82, 2.24) is 4.90 Å². The minimum atomic E-state index is -4.09. The first-order valence-electron chi connectivity index (χ1n) is 10.7. The standard InChI is InChI=1S/C22H26N2O7S2/c1-29-17-8-7-14(13-16(17)21(25)24-9-11-31-12-10-24)33(27,28)23-20-19(22(26)30-2)15-5-3-4-6-18(15)32-20/h7-8,13,23H,3-6,9-12H2,1-2H3. The first-order valence-corrected chi connectivity index (χ1v) is 13.0. The minimum absolute atomic E-state index is 0.0953. The van der Waals surface area contributed by atoms with Gasteiger partial charge in [-0.2, -0.15) is 0 Å². The topological polar surface area (TPSA) is 111 Å². The van der Waals surface area contributed by atoms with Gasteiger partial charge in [0.15, 0.2) is 0 Å². The molecule has 1 amide bonds. The number of thiophene rings is 1. The van der Waals surface area contributed by atoms with Crippen molar-refractivity contribution in [3.8, 4) is 5.75 Å². The van der Waals surface area contributed by atoms with Crippen LogP contribution < -0.4 is 9.46 Å². The molecule has 0 unspecified atom stereocenters. The van der Waals surface area contributed by atoms with E-state index >= 15 is 0 Å². The Balaban J connectivity index is 1.69. The van der Waals surface area contributed by atoms with Gasteiger partial charge in [0.1, 0.15) is 10.8 Å². The molecule has 4 rings (SSSR count). The van der Waals surface area contributed by atoms with Gasteiger partial charge in [0, 0.05) is 18.0 Å². The van der Waals surface area contributed by atoms with Gasteiger partial charge in [-0.25, -0.2) is 13.2 Å². The summed E-state index contributed by atoms with van der Waals surface area (Å²) in [5, 5.41) is 0.241. The summed E-state index contributed by atoms with van der Waals surface area (Å²) < 4.78 is 44.7. The van der Waals surface area contributed by atoms with Gasteiger partial charge >= 0.3 is 5.97 Å². The molecule has 33 heavy (non-hydrogen) atoms. The van der Waals surface area contributed by atoms with E-state index in [0.29, 0.717) is 32.7 Å². The van der Waals surface area contributed by atoms with Crippen LogP contribution in [0.1, 0.15) is 44.0 Å². The highest BCUT2D eigenvalue weighted by molar-refractivity contribution is 7.93. The largest absolute Gasteiger partial charge is 0.496 e. The number of nitrogens with zero attached hydrogens (tertiary/aromatic N) is 1. The SMILES string of the molecule is COC(=O)c1c(NS(=O)(=O)c2ccc(OC)c(C(=O)N3CCOCC3)c2)sc2c1CCCC2. The molecule has 0 saturated carbocycles. The molecule has 1 aliphatic heterocycles. The number of anilines is 1. The summed E-state index contributed by atoms with van der Waals surface area (Å²) in [6.07, 6.45) is 3.43. The van der Waals surface area contributed by atoms with Gasteiger partial charge in [-0.05, 0) is 49.4 Å². The molecule has 178 valence electrons. The number of fused-ring (bicyclic) bond motifs is 1. The predicted octanol–water partition coefficient (Wildman–Crippen LogP) is 2.70. The molecule has 9 nitrogen and oxygen atoms in total. The number of hydrogen-bond acceptors (Lipinski definition) is 8. The molecule has 1 fully saturated rings. The summed E-state index contributed by atoms with van der Waals surface area (Å²) >= 11 is 1.26. The number of amides is 1. The molecule has 0 spiro atoms. The van der Waals surface area contributed by atoms with E-state index in [9.17, 15) is 18.0 Å². The summed E-state index contributed by atoms with van der Waals surface area (Å²) in [5.41, 5.74) is 1.29. The Hall–Kier alpha value is -2.63. The Morgan fingerprint density at radius 3 is 2.55 bits per heavy atom. The maximum atomic E-state index is 13.3. The quantitative estimate of drug-likeness (QED) is 0.615. The highest BCUT2D eigenvalue weighted by atomic mass is 32.2. The lowest BCUT2D eigenvalue weighted by atomic mass is 9.95. The number of sulfonamides is 1. The van der Waals surface area contributed by atoms with Crippen molar-refractivity contribution in [1.29, 1.82) is 0 Å². The van der Waals surface area contributed by atoms with Crippen LogP contribution in [0.2, 0.25) is 0 Å². The number of esters is 1. The van der Waals surface area contributed by atoms with Gasteiger partial charge in [-0.1, -0.05) is 0 Å². The molecule has 0 bridgehead atoms. The molecular formula is C22H26N2O7S2. The van der Waals surface area contributed by atoms with Crippen LogP contribution in [0.3, 0.4) is 0 Å². The average molecular weight is 495 g/mol. The van der Waals surface area contributed by atoms with Crippen LogP contribution in [0.15, 0.2) is 23.1 Å². The van der Waals surface area contributed by atoms with Crippen LogP contribution in [-0.4, -0.2) is 65.7 Å². The van der Waals surface area contributed by atoms with E-state index < -0.39 is 16.0 Å². The Morgan fingerprint density at radius 1 is 1.12 bits per heavy atom. The van der Waals surface area contributed by atoms with E-state index in [1.54, 1.807) is 4.90 Å². The molecule has 1 aromatic carbocycles. The normalized spacial score (nSPS) is 16.1. The van der Waals surface area contributed by atoms with Crippen molar-refractivity contribution in [3.05, 3.63) is 39.8 Å². The van der Waals surface area contributed by atoms with E-state index in [2.05, 4.69) is 4.72 Å². The molecule has 1 N–H and O–H groups in total. The molecule has 11 heteroatoms. The van der Waals surface area contributed by atoms with Gasteiger partial charge in [0.2, 0.25) is 0 Å². The molecule has 1 saturated heterocycles. The number of hydrogen-bond donors (Lipinski definition) is 1. The predicted molar refractivity (Wildman–Crippen MR) is 123 cm³/mol. The number of morpholine rings is 1. The summed E-state index contributed by atoms with van der Waals surface area (Å²) in [7, 11) is -1.38. The summed E-state index contributed by atoms with van der Waals surface area (Å²) in [5.74, 6) is -0.605. The van der Waals surface area contributed by atoms with E-state index in [1.807, 2.05) is 0 Å². The molecule has 0 atom stereocenters. The molecule has 1 aliphatic carbocycles. The Morgan fingerprint density at radius 2 is 1.85 bits per heavy atom. The van der Waals surface area contributed by atoms with E-state index in [4.69, 9.17) is 14.2 Å². The molecule has 1 aromatic heterocycles. The van der Waals surface area contributed by atoms with Crippen LogP contribution >= 0.6 is 11.3 Å². The summed E-state index contributed by atoms with van der Waals surface area (Å²) in [4.78, 5) is 28.0. The van der Waals surface area contributed by atoms with Crippen molar-refractivity contribution < 1.29 is 32.2 Å².